The van der Waals surface area contributed by atoms with Crippen LogP contribution in [-0.4, -0.2) is 43.1 Å². The second-order valence-corrected chi connectivity index (χ2v) is 7.47. The van der Waals surface area contributed by atoms with Crippen molar-refractivity contribution in [2.45, 2.75) is 12.6 Å². The van der Waals surface area contributed by atoms with Crippen molar-refractivity contribution in [2.24, 2.45) is 12.1 Å². The summed E-state index contributed by atoms with van der Waals surface area (Å²) in [7, 11) is 1.50. The molecule has 0 aliphatic heterocycles. The van der Waals surface area contributed by atoms with E-state index in [0.717, 1.165) is 5.56 Å². The summed E-state index contributed by atoms with van der Waals surface area (Å²) in [4.78, 5) is 31.2. The molecule has 0 aliphatic carbocycles. The molecule has 4 rings (SSSR count). The monoisotopic (exact) mass is 460 g/mol. The topological polar surface area (TPSA) is 127 Å². The number of fused-ring (bicyclic) bond motifs is 1. The average molecular weight is 460 g/mol. The zero-order chi connectivity index (χ0) is 23.9. The van der Waals surface area contributed by atoms with Crippen molar-refractivity contribution >= 4 is 29.4 Å². The molecular formula is C24H24N6O4. The van der Waals surface area contributed by atoms with Gasteiger partial charge in [-0.25, -0.2) is 10.2 Å². The minimum absolute atomic E-state index is 0.00409. The smallest absolute Gasteiger partial charge is 0.329 e. The zero-order valence-corrected chi connectivity index (χ0v) is 18.5. The normalized spacial score (nSPS) is 12.5. The van der Waals surface area contributed by atoms with Crippen LogP contribution in [0.15, 0.2) is 81.4 Å². The number of aliphatic hydroxyl groups is 1. The number of aromatic nitrogens is 4. The first-order valence-corrected chi connectivity index (χ1v) is 10.6. The Bertz CT molecular complexity index is 1420. The number of hydrogen-bond donors (Lipinski definition) is 3. The van der Waals surface area contributed by atoms with E-state index in [1.165, 1.54) is 22.4 Å². The molecule has 0 fully saturated rings. The Hall–Kier alpha value is -4.44. The number of allylic oxidation sites excluding steroid dienone is 1. The van der Waals surface area contributed by atoms with Gasteiger partial charge in [0.15, 0.2) is 11.2 Å². The number of para-hydroxylation sites is 1. The maximum Gasteiger partial charge on any atom is 0.329 e. The highest BCUT2D eigenvalue weighted by molar-refractivity contribution is 5.79. The summed E-state index contributed by atoms with van der Waals surface area (Å²) >= 11 is 0. The Balaban J connectivity index is 1.57. The van der Waals surface area contributed by atoms with Gasteiger partial charge < -0.3 is 14.4 Å². The van der Waals surface area contributed by atoms with Gasteiger partial charge in [-0.15, -0.1) is 0 Å². The van der Waals surface area contributed by atoms with Crippen LogP contribution < -0.4 is 21.4 Å². The molecule has 0 aliphatic rings. The molecule has 1 atom stereocenters. The summed E-state index contributed by atoms with van der Waals surface area (Å²) in [5.41, 5.74) is 2.92. The number of nitrogens with zero attached hydrogens (tertiary/aromatic N) is 4. The number of hydrogen-bond acceptors (Lipinski definition) is 7. The maximum absolute atomic E-state index is 12.6. The second-order valence-electron chi connectivity index (χ2n) is 7.47. The molecule has 0 spiro atoms. The lowest BCUT2D eigenvalue weighted by Crippen LogP contribution is -2.30. The number of aromatic amines is 1. The van der Waals surface area contributed by atoms with Gasteiger partial charge in [-0.2, -0.15) is 10.1 Å². The quantitative estimate of drug-likeness (QED) is 0.259. The third-order valence-corrected chi connectivity index (χ3v) is 5.00. The molecule has 0 amide bonds. The van der Waals surface area contributed by atoms with E-state index in [4.69, 9.17) is 4.74 Å². The number of H-pyrrole nitrogens is 1. The van der Waals surface area contributed by atoms with Crippen LogP contribution in [-0.2, 0) is 13.6 Å². The van der Waals surface area contributed by atoms with E-state index in [1.807, 2.05) is 54.6 Å². The van der Waals surface area contributed by atoms with Crippen LogP contribution in [0.5, 0.6) is 5.75 Å². The molecule has 0 saturated carbocycles. The highest BCUT2D eigenvalue weighted by Gasteiger charge is 2.19. The maximum atomic E-state index is 12.6. The highest BCUT2D eigenvalue weighted by Crippen LogP contribution is 2.17. The number of ether oxygens (including phenoxy) is 1. The summed E-state index contributed by atoms with van der Waals surface area (Å²) in [6.07, 6.45) is 4.21. The van der Waals surface area contributed by atoms with Crippen LogP contribution in [0.25, 0.3) is 17.2 Å². The Kier molecular flexibility index (Phi) is 6.99. The number of aliphatic hydroxyl groups excluding tert-OH is 1. The number of anilines is 1. The van der Waals surface area contributed by atoms with Crippen LogP contribution in [0.2, 0.25) is 0 Å². The minimum atomic E-state index is -0.961. The molecule has 34 heavy (non-hydrogen) atoms. The van der Waals surface area contributed by atoms with E-state index >= 15 is 0 Å². The van der Waals surface area contributed by atoms with Crippen molar-refractivity contribution in [3.05, 3.63) is 93.1 Å². The van der Waals surface area contributed by atoms with Gasteiger partial charge in [-0.1, -0.05) is 54.6 Å². The number of aryl methyl sites for hydroxylation is 1. The molecule has 2 aromatic carbocycles. The Labute approximate surface area is 194 Å². The number of benzene rings is 2. The molecule has 174 valence electrons. The molecule has 0 saturated heterocycles. The Morgan fingerprint density at radius 1 is 1.15 bits per heavy atom. The number of rotatable bonds is 9. The first-order chi connectivity index (χ1) is 16.5. The first kappa shape index (κ1) is 22.7. The lowest BCUT2D eigenvalue weighted by Gasteiger charge is -2.15. The lowest BCUT2D eigenvalue weighted by molar-refractivity contribution is 0.0938. The van der Waals surface area contributed by atoms with Crippen LogP contribution in [0.3, 0.4) is 0 Å². The minimum Gasteiger partial charge on any atom is -0.491 e. The van der Waals surface area contributed by atoms with Gasteiger partial charge in [-0.05, 0) is 23.8 Å². The third kappa shape index (κ3) is 5.30. The average Bonchev–Trinajstić information content (AvgIpc) is 3.21. The fraction of sp³-hybridized carbons (Fsp3) is 0.167. The van der Waals surface area contributed by atoms with Gasteiger partial charge in [-0.3, -0.25) is 14.3 Å². The summed E-state index contributed by atoms with van der Waals surface area (Å²) in [5.74, 6) is 0.815. The number of hydrazone groups is 1. The molecule has 4 aromatic rings. The summed E-state index contributed by atoms with van der Waals surface area (Å²) in [5, 5.41) is 14.7. The zero-order valence-electron chi connectivity index (χ0n) is 18.5. The summed E-state index contributed by atoms with van der Waals surface area (Å²) in [6, 6.07) is 18.8. The van der Waals surface area contributed by atoms with Crippen molar-refractivity contribution in [1.29, 1.82) is 0 Å². The third-order valence-electron chi connectivity index (χ3n) is 5.00. The van der Waals surface area contributed by atoms with Gasteiger partial charge in [0.05, 0.1) is 6.54 Å². The molecule has 10 heteroatoms. The van der Waals surface area contributed by atoms with Gasteiger partial charge >= 0.3 is 5.69 Å². The molecule has 2 aromatic heterocycles. The molecule has 0 unspecified atom stereocenters. The van der Waals surface area contributed by atoms with Crippen molar-refractivity contribution in [1.82, 2.24) is 19.1 Å². The highest BCUT2D eigenvalue weighted by atomic mass is 16.5. The first-order valence-electron chi connectivity index (χ1n) is 10.6. The van der Waals surface area contributed by atoms with E-state index in [1.54, 1.807) is 18.2 Å². The second kappa shape index (κ2) is 10.5. The van der Waals surface area contributed by atoms with Gasteiger partial charge in [0.1, 0.15) is 18.5 Å². The van der Waals surface area contributed by atoms with Gasteiger partial charge in [0.25, 0.3) is 5.56 Å². The van der Waals surface area contributed by atoms with Crippen molar-refractivity contribution < 1.29 is 9.84 Å². The largest absolute Gasteiger partial charge is 0.491 e. The predicted molar refractivity (Wildman–Crippen MR) is 131 cm³/mol. The van der Waals surface area contributed by atoms with Crippen molar-refractivity contribution in [3.8, 4) is 5.75 Å². The fourth-order valence-electron chi connectivity index (χ4n) is 3.33. The van der Waals surface area contributed by atoms with Crippen LogP contribution in [0.1, 0.15) is 5.56 Å². The SMILES string of the molecule is Cn1c(=O)[nH]c(=O)c2c1nc(N/N=C/C=C/c1ccccc1)n2C[C@H](O)COc1ccccc1. The van der Waals surface area contributed by atoms with Gasteiger partial charge in [0.2, 0.25) is 5.95 Å². The predicted octanol–water partition coefficient (Wildman–Crippen LogP) is 1.97. The number of imidazole rings is 1. The fourth-order valence-corrected chi connectivity index (χ4v) is 3.33. The van der Waals surface area contributed by atoms with E-state index in [9.17, 15) is 14.7 Å². The lowest BCUT2D eigenvalue weighted by atomic mass is 10.2. The molecule has 0 bridgehead atoms. The molecule has 0 radical (unpaired) electrons. The standard InChI is InChI=1S/C24H24N6O4/c1-29-21-20(22(32)27-24(29)33)30(15-18(31)16-34-19-12-6-3-7-13-19)23(26-21)28-25-14-8-11-17-9-4-2-5-10-17/h2-14,18,31H,15-16H2,1H3,(H,26,28)(H,27,32,33)/b11-8+,25-14+/t18-/m0/s1. The van der Waals surface area contributed by atoms with E-state index in [0.29, 0.717) is 5.75 Å². The Morgan fingerprint density at radius 2 is 1.85 bits per heavy atom. The van der Waals surface area contributed by atoms with Crippen LogP contribution >= 0.6 is 0 Å². The van der Waals surface area contributed by atoms with Crippen LogP contribution in [0, 0.1) is 0 Å². The van der Waals surface area contributed by atoms with Gasteiger partial charge in [0, 0.05) is 13.3 Å². The molecule has 3 N–H and O–H groups in total. The Morgan fingerprint density at radius 3 is 2.59 bits per heavy atom. The van der Waals surface area contributed by atoms with E-state index in [-0.39, 0.29) is 30.3 Å². The molecular weight excluding hydrogens is 436 g/mol. The number of nitrogens with one attached hydrogen (secondary N) is 2. The van der Waals surface area contributed by atoms with Crippen LogP contribution in [0.4, 0.5) is 5.95 Å². The molecule has 2 heterocycles. The van der Waals surface area contributed by atoms with E-state index < -0.39 is 17.4 Å². The summed E-state index contributed by atoms with van der Waals surface area (Å²) < 4.78 is 8.32. The summed E-state index contributed by atoms with van der Waals surface area (Å²) in [6.45, 7) is -0.0157. The molecule has 10 nitrogen and oxygen atoms in total. The van der Waals surface area contributed by atoms with Crippen molar-refractivity contribution in [2.75, 3.05) is 12.0 Å². The van der Waals surface area contributed by atoms with Crippen molar-refractivity contribution in [3.63, 3.8) is 0 Å². The van der Waals surface area contributed by atoms with E-state index in [2.05, 4.69) is 20.5 Å².